The Kier molecular flexibility index (Phi) is 5.56. The number of aryl methyl sites for hydroxylation is 1. The second-order valence-corrected chi connectivity index (χ2v) is 7.51. The van der Waals surface area contributed by atoms with E-state index in [1.165, 1.54) is 0 Å². The molecule has 0 bridgehead atoms. The fraction of sp³-hybridized carbons (Fsp3) is 0.174. The van der Waals surface area contributed by atoms with Crippen molar-refractivity contribution in [3.63, 3.8) is 0 Å². The predicted molar refractivity (Wildman–Crippen MR) is 116 cm³/mol. The van der Waals surface area contributed by atoms with Gasteiger partial charge in [-0.3, -0.25) is 0 Å². The molecule has 0 N–H and O–H groups in total. The van der Waals surface area contributed by atoms with Crippen molar-refractivity contribution < 1.29 is 4.74 Å². The molecule has 0 fully saturated rings. The molecule has 1 heterocycles. The van der Waals surface area contributed by atoms with Crippen LogP contribution in [0.5, 0.6) is 5.75 Å². The molecule has 4 aromatic rings. The van der Waals surface area contributed by atoms with Crippen molar-refractivity contribution >= 4 is 34.2 Å². The SMILES string of the molecule is Cc1cc(OCCn2c(Cc3ccccc3Cl)nc3ccccc32)ccc1Cl. The lowest BCUT2D eigenvalue weighted by molar-refractivity contribution is 0.298. The molecule has 5 heteroatoms. The normalized spacial score (nSPS) is 11.1. The summed E-state index contributed by atoms with van der Waals surface area (Å²) >= 11 is 12.5. The molecule has 1 aromatic heterocycles. The molecule has 0 saturated carbocycles. The monoisotopic (exact) mass is 410 g/mol. The van der Waals surface area contributed by atoms with Gasteiger partial charge in [-0.1, -0.05) is 53.5 Å². The third kappa shape index (κ3) is 4.01. The van der Waals surface area contributed by atoms with E-state index in [9.17, 15) is 0 Å². The van der Waals surface area contributed by atoms with Crippen molar-refractivity contribution in [2.24, 2.45) is 0 Å². The summed E-state index contributed by atoms with van der Waals surface area (Å²) in [4.78, 5) is 4.83. The lowest BCUT2D eigenvalue weighted by Crippen LogP contribution is -2.12. The van der Waals surface area contributed by atoms with E-state index in [1.807, 2.05) is 67.6 Å². The minimum absolute atomic E-state index is 0.539. The van der Waals surface area contributed by atoms with Crippen molar-refractivity contribution in [3.05, 3.63) is 93.7 Å². The number of hydrogen-bond donors (Lipinski definition) is 0. The smallest absolute Gasteiger partial charge is 0.119 e. The number of aromatic nitrogens is 2. The Labute approximate surface area is 174 Å². The largest absolute Gasteiger partial charge is 0.492 e. The topological polar surface area (TPSA) is 27.1 Å². The molecule has 0 amide bonds. The molecule has 0 spiro atoms. The molecule has 142 valence electrons. The van der Waals surface area contributed by atoms with Gasteiger partial charge in [0.1, 0.15) is 18.2 Å². The predicted octanol–water partition coefficient (Wildman–Crippen LogP) is 6.32. The summed E-state index contributed by atoms with van der Waals surface area (Å²) in [6.45, 7) is 3.21. The molecular formula is C23H20Cl2N2O. The van der Waals surface area contributed by atoms with E-state index in [0.29, 0.717) is 19.6 Å². The zero-order valence-electron chi connectivity index (χ0n) is 15.5. The number of imidazole rings is 1. The van der Waals surface area contributed by atoms with Crippen LogP contribution in [0, 0.1) is 6.92 Å². The molecule has 0 radical (unpaired) electrons. The first-order valence-corrected chi connectivity index (χ1v) is 9.94. The second-order valence-electron chi connectivity index (χ2n) is 6.70. The van der Waals surface area contributed by atoms with Crippen molar-refractivity contribution in [2.45, 2.75) is 19.9 Å². The molecule has 0 aliphatic carbocycles. The van der Waals surface area contributed by atoms with Crippen LogP contribution in [0.25, 0.3) is 11.0 Å². The maximum Gasteiger partial charge on any atom is 0.119 e. The van der Waals surface area contributed by atoms with Gasteiger partial charge in [0.2, 0.25) is 0 Å². The molecule has 0 atom stereocenters. The van der Waals surface area contributed by atoms with Crippen LogP contribution in [-0.2, 0) is 13.0 Å². The molecular weight excluding hydrogens is 391 g/mol. The van der Waals surface area contributed by atoms with Crippen LogP contribution in [0.2, 0.25) is 10.0 Å². The number of para-hydroxylation sites is 2. The van der Waals surface area contributed by atoms with Gasteiger partial charge in [-0.25, -0.2) is 4.98 Å². The van der Waals surface area contributed by atoms with Crippen LogP contribution in [0.15, 0.2) is 66.7 Å². The molecule has 4 rings (SSSR count). The molecule has 0 saturated heterocycles. The summed E-state index contributed by atoms with van der Waals surface area (Å²) in [5, 5.41) is 1.50. The minimum atomic E-state index is 0.539. The van der Waals surface area contributed by atoms with Crippen LogP contribution in [0.4, 0.5) is 0 Å². The van der Waals surface area contributed by atoms with Gasteiger partial charge >= 0.3 is 0 Å². The van der Waals surface area contributed by atoms with Gasteiger partial charge in [0.25, 0.3) is 0 Å². The average molecular weight is 411 g/mol. The quantitative estimate of drug-likeness (QED) is 0.371. The highest BCUT2D eigenvalue weighted by atomic mass is 35.5. The van der Waals surface area contributed by atoms with Gasteiger partial charge in [0, 0.05) is 16.5 Å². The van der Waals surface area contributed by atoms with E-state index < -0.39 is 0 Å². The summed E-state index contributed by atoms with van der Waals surface area (Å²) in [5.41, 5.74) is 4.15. The van der Waals surface area contributed by atoms with Crippen molar-refractivity contribution in [1.82, 2.24) is 9.55 Å². The number of halogens is 2. The number of hydrogen-bond acceptors (Lipinski definition) is 2. The van der Waals surface area contributed by atoms with Gasteiger partial charge in [-0.2, -0.15) is 0 Å². The molecule has 0 aliphatic rings. The lowest BCUT2D eigenvalue weighted by atomic mass is 10.1. The Morgan fingerprint density at radius 1 is 0.929 bits per heavy atom. The van der Waals surface area contributed by atoms with Gasteiger partial charge in [0.15, 0.2) is 0 Å². The highest BCUT2D eigenvalue weighted by Crippen LogP contribution is 2.24. The standard InChI is InChI=1S/C23H20Cl2N2O/c1-16-14-18(10-11-19(16)24)28-13-12-27-22-9-5-4-8-21(22)26-23(27)15-17-6-2-3-7-20(17)25/h2-11,14H,12-13,15H2,1H3. The first-order chi connectivity index (χ1) is 13.6. The van der Waals surface area contributed by atoms with Gasteiger partial charge < -0.3 is 9.30 Å². The van der Waals surface area contributed by atoms with Crippen LogP contribution in [0.3, 0.4) is 0 Å². The first-order valence-electron chi connectivity index (χ1n) is 9.18. The highest BCUT2D eigenvalue weighted by Gasteiger charge is 2.12. The Hall–Kier alpha value is -2.49. The van der Waals surface area contributed by atoms with E-state index >= 15 is 0 Å². The molecule has 3 nitrogen and oxygen atoms in total. The second kappa shape index (κ2) is 8.26. The van der Waals surface area contributed by atoms with Crippen molar-refractivity contribution in [3.8, 4) is 5.75 Å². The van der Waals surface area contributed by atoms with Gasteiger partial charge in [0.05, 0.1) is 17.6 Å². The van der Waals surface area contributed by atoms with Crippen LogP contribution in [0.1, 0.15) is 17.0 Å². The Balaban J connectivity index is 1.58. The highest BCUT2D eigenvalue weighted by molar-refractivity contribution is 6.31. The number of rotatable bonds is 6. The third-order valence-corrected chi connectivity index (χ3v) is 5.55. The van der Waals surface area contributed by atoms with E-state index in [-0.39, 0.29) is 0 Å². The van der Waals surface area contributed by atoms with E-state index in [4.69, 9.17) is 32.9 Å². The third-order valence-electron chi connectivity index (χ3n) is 4.75. The van der Waals surface area contributed by atoms with Crippen molar-refractivity contribution in [1.29, 1.82) is 0 Å². The summed E-state index contributed by atoms with van der Waals surface area (Å²) in [5.74, 6) is 1.80. The zero-order chi connectivity index (χ0) is 19.5. The number of benzene rings is 3. The number of fused-ring (bicyclic) bond motifs is 1. The number of nitrogens with zero attached hydrogens (tertiary/aromatic N) is 2. The summed E-state index contributed by atoms with van der Waals surface area (Å²) in [6.07, 6.45) is 0.675. The Morgan fingerprint density at radius 3 is 2.54 bits per heavy atom. The average Bonchev–Trinajstić information content (AvgIpc) is 3.04. The van der Waals surface area contributed by atoms with Gasteiger partial charge in [-0.15, -0.1) is 0 Å². The summed E-state index contributed by atoms with van der Waals surface area (Å²) < 4.78 is 8.17. The van der Waals surface area contributed by atoms with E-state index in [1.54, 1.807) is 0 Å². The van der Waals surface area contributed by atoms with Crippen LogP contribution >= 0.6 is 23.2 Å². The maximum absolute atomic E-state index is 6.36. The number of ether oxygens (including phenoxy) is 1. The fourth-order valence-electron chi connectivity index (χ4n) is 3.28. The van der Waals surface area contributed by atoms with Crippen LogP contribution < -0.4 is 4.74 Å². The first kappa shape index (κ1) is 18.9. The maximum atomic E-state index is 6.36. The van der Waals surface area contributed by atoms with Gasteiger partial charge in [-0.05, 0) is 54.4 Å². The fourth-order valence-corrected chi connectivity index (χ4v) is 3.60. The lowest BCUT2D eigenvalue weighted by Gasteiger charge is -2.12. The van der Waals surface area contributed by atoms with E-state index in [2.05, 4.69) is 10.6 Å². The zero-order valence-corrected chi connectivity index (χ0v) is 17.0. The Morgan fingerprint density at radius 2 is 1.71 bits per heavy atom. The molecule has 3 aromatic carbocycles. The molecule has 28 heavy (non-hydrogen) atoms. The van der Waals surface area contributed by atoms with Crippen LogP contribution in [-0.4, -0.2) is 16.2 Å². The molecule has 0 aliphatic heterocycles. The Bertz CT molecular complexity index is 1120. The van der Waals surface area contributed by atoms with E-state index in [0.717, 1.165) is 43.8 Å². The van der Waals surface area contributed by atoms with Crippen molar-refractivity contribution in [2.75, 3.05) is 6.61 Å². The summed E-state index contributed by atoms with van der Waals surface area (Å²) in [7, 11) is 0. The minimum Gasteiger partial charge on any atom is -0.492 e. The summed E-state index contributed by atoms with van der Waals surface area (Å²) in [6, 6.07) is 21.8. The molecule has 0 unspecified atom stereocenters.